The number of amides is 2. The Bertz CT molecular complexity index is 930. The zero-order chi connectivity index (χ0) is 21.4. The number of nitrogens with one attached hydrogen (secondary N) is 2. The van der Waals surface area contributed by atoms with Gasteiger partial charge in [-0.15, -0.1) is 0 Å². The quantitative estimate of drug-likeness (QED) is 0.396. The Balaban J connectivity index is 1.69. The van der Waals surface area contributed by atoms with Crippen LogP contribution < -0.4 is 10.6 Å². The second-order valence-corrected chi connectivity index (χ2v) is 5.98. The number of non-ortho nitro benzene ring substituents is 1. The maximum absolute atomic E-state index is 13.4. The molecule has 0 saturated carbocycles. The van der Waals surface area contributed by atoms with E-state index in [4.69, 9.17) is 4.74 Å². The van der Waals surface area contributed by atoms with Crippen LogP contribution in [0.3, 0.4) is 0 Å². The summed E-state index contributed by atoms with van der Waals surface area (Å²) in [4.78, 5) is 45.3. The first-order chi connectivity index (χ1) is 13.8. The van der Waals surface area contributed by atoms with E-state index in [1.807, 2.05) is 0 Å². The summed E-state index contributed by atoms with van der Waals surface area (Å²) in [5.74, 6) is -2.31. The molecule has 0 fully saturated rings. The average molecular weight is 403 g/mol. The van der Waals surface area contributed by atoms with Crippen molar-refractivity contribution in [1.29, 1.82) is 0 Å². The summed E-state index contributed by atoms with van der Waals surface area (Å²) >= 11 is 0. The van der Waals surface area contributed by atoms with Crippen molar-refractivity contribution in [3.05, 3.63) is 69.5 Å². The number of hydrogen-bond acceptors (Lipinski definition) is 6. The van der Waals surface area contributed by atoms with Gasteiger partial charge in [0.05, 0.1) is 11.3 Å². The predicted molar refractivity (Wildman–Crippen MR) is 101 cm³/mol. The number of rotatable bonds is 8. The summed E-state index contributed by atoms with van der Waals surface area (Å²) < 4.78 is 18.2. The van der Waals surface area contributed by atoms with Crippen molar-refractivity contribution < 1.29 is 28.4 Å². The molecule has 0 spiro atoms. The van der Waals surface area contributed by atoms with Gasteiger partial charge in [-0.1, -0.05) is 6.07 Å². The Kier molecular flexibility index (Phi) is 7.35. The lowest BCUT2D eigenvalue weighted by Gasteiger charge is -2.08. The van der Waals surface area contributed by atoms with Crippen LogP contribution in [0.5, 0.6) is 0 Å². The van der Waals surface area contributed by atoms with Crippen molar-refractivity contribution in [3.63, 3.8) is 0 Å². The van der Waals surface area contributed by atoms with E-state index in [-0.39, 0.29) is 29.9 Å². The van der Waals surface area contributed by atoms with Crippen LogP contribution in [0.15, 0.2) is 42.5 Å². The summed E-state index contributed by atoms with van der Waals surface area (Å²) in [6.07, 6.45) is -0.175. The summed E-state index contributed by atoms with van der Waals surface area (Å²) in [5.41, 5.74) is 0.736. The molecule has 0 radical (unpaired) electrons. The summed E-state index contributed by atoms with van der Waals surface area (Å²) in [7, 11) is 0. The molecule has 0 atom stereocenters. The highest BCUT2D eigenvalue weighted by Gasteiger charge is 2.12. The number of nitro benzene ring substituents is 1. The molecule has 2 amide bonds. The SMILES string of the molecule is Cc1ccc(NC(=O)COC(=O)CCNC(=O)c2ccc([N+](=O)[O-])cc2)cc1F. The van der Waals surface area contributed by atoms with Crippen LogP contribution in [0.4, 0.5) is 15.8 Å². The van der Waals surface area contributed by atoms with Crippen LogP contribution in [0.25, 0.3) is 0 Å². The van der Waals surface area contributed by atoms with Gasteiger partial charge in [0.15, 0.2) is 6.61 Å². The second-order valence-electron chi connectivity index (χ2n) is 5.98. The van der Waals surface area contributed by atoms with Crippen LogP contribution >= 0.6 is 0 Å². The molecule has 29 heavy (non-hydrogen) atoms. The second kappa shape index (κ2) is 9.93. The third-order valence-electron chi connectivity index (χ3n) is 3.77. The van der Waals surface area contributed by atoms with Gasteiger partial charge in [-0.2, -0.15) is 0 Å². The highest BCUT2D eigenvalue weighted by molar-refractivity contribution is 5.95. The molecule has 2 aromatic rings. The highest BCUT2D eigenvalue weighted by Crippen LogP contribution is 2.13. The molecule has 0 unspecified atom stereocenters. The van der Waals surface area contributed by atoms with Crippen LogP contribution in [-0.4, -0.2) is 35.9 Å². The summed E-state index contributed by atoms with van der Waals surface area (Å²) in [5, 5.41) is 15.4. The minimum atomic E-state index is -0.709. The molecule has 2 N–H and O–H groups in total. The summed E-state index contributed by atoms with van der Waals surface area (Å²) in [6.45, 7) is 0.993. The molecule has 0 aromatic heterocycles. The number of halogens is 1. The Morgan fingerprint density at radius 2 is 1.83 bits per heavy atom. The number of carbonyl (C=O) groups excluding carboxylic acids is 3. The van der Waals surface area contributed by atoms with Crippen LogP contribution in [0.1, 0.15) is 22.3 Å². The molecule has 2 aromatic carbocycles. The van der Waals surface area contributed by atoms with Gasteiger partial charge in [-0.3, -0.25) is 24.5 Å². The molecule has 152 valence electrons. The maximum atomic E-state index is 13.4. The van der Waals surface area contributed by atoms with E-state index in [2.05, 4.69) is 10.6 Å². The standard InChI is InChI=1S/C19H18FN3O6/c1-12-2-5-14(10-16(12)20)22-17(24)11-29-18(25)8-9-21-19(26)13-3-6-15(7-4-13)23(27)28/h2-7,10H,8-9,11H2,1H3,(H,21,26)(H,22,24). The van der Waals surface area contributed by atoms with E-state index in [1.54, 1.807) is 6.92 Å². The monoisotopic (exact) mass is 403 g/mol. The van der Waals surface area contributed by atoms with E-state index in [0.717, 1.165) is 6.07 Å². The Morgan fingerprint density at radius 1 is 1.14 bits per heavy atom. The van der Waals surface area contributed by atoms with Crippen molar-refractivity contribution in [2.24, 2.45) is 0 Å². The zero-order valence-corrected chi connectivity index (χ0v) is 15.4. The maximum Gasteiger partial charge on any atom is 0.308 e. The lowest BCUT2D eigenvalue weighted by atomic mass is 10.2. The number of esters is 1. The lowest BCUT2D eigenvalue weighted by Crippen LogP contribution is -2.27. The fourth-order valence-electron chi connectivity index (χ4n) is 2.20. The Labute approximate surface area is 165 Å². The largest absolute Gasteiger partial charge is 0.456 e. The molecular weight excluding hydrogens is 385 g/mol. The Hall–Kier alpha value is -3.82. The molecule has 0 aliphatic heterocycles. The number of aryl methyl sites for hydroxylation is 1. The molecule has 0 bridgehead atoms. The van der Waals surface area contributed by atoms with Crippen LogP contribution in [-0.2, 0) is 14.3 Å². The first-order valence-corrected chi connectivity index (χ1v) is 8.50. The number of nitrogens with zero attached hydrogens (tertiary/aromatic N) is 1. The van der Waals surface area contributed by atoms with Gasteiger partial charge < -0.3 is 15.4 Å². The van der Waals surface area contributed by atoms with Crippen molar-refractivity contribution in [3.8, 4) is 0 Å². The number of nitro groups is 1. The number of carbonyl (C=O) groups is 3. The van der Waals surface area contributed by atoms with Crippen LogP contribution in [0, 0.1) is 22.9 Å². The number of ether oxygens (including phenoxy) is 1. The van der Waals surface area contributed by atoms with Crippen molar-refractivity contribution in [1.82, 2.24) is 5.32 Å². The van der Waals surface area contributed by atoms with Gasteiger partial charge >= 0.3 is 5.97 Å². The number of anilines is 1. The molecule has 0 aliphatic carbocycles. The first-order valence-electron chi connectivity index (χ1n) is 8.50. The average Bonchev–Trinajstić information content (AvgIpc) is 2.69. The van der Waals surface area contributed by atoms with Gasteiger partial charge in [0.2, 0.25) is 0 Å². The molecular formula is C19H18FN3O6. The fourth-order valence-corrected chi connectivity index (χ4v) is 2.20. The fraction of sp³-hybridized carbons (Fsp3) is 0.211. The van der Waals surface area contributed by atoms with Crippen molar-refractivity contribution in [2.45, 2.75) is 13.3 Å². The van der Waals surface area contributed by atoms with Gasteiger partial charge in [-0.05, 0) is 36.8 Å². The van der Waals surface area contributed by atoms with E-state index >= 15 is 0 Å². The van der Waals surface area contributed by atoms with Gasteiger partial charge in [0.25, 0.3) is 17.5 Å². The third-order valence-corrected chi connectivity index (χ3v) is 3.77. The molecule has 10 heteroatoms. The number of hydrogen-bond donors (Lipinski definition) is 2. The molecule has 0 aliphatic rings. The third kappa shape index (κ3) is 6.69. The smallest absolute Gasteiger partial charge is 0.308 e. The molecule has 0 heterocycles. The summed E-state index contributed by atoms with van der Waals surface area (Å²) in [6, 6.07) is 9.16. The van der Waals surface area contributed by atoms with Crippen LogP contribution in [0.2, 0.25) is 0 Å². The first kappa shape index (κ1) is 21.5. The van der Waals surface area contributed by atoms with E-state index in [1.165, 1.54) is 36.4 Å². The number of benzene rings is 2. The predicted octanol–water partition coefficient (Wildman–Crippen LogP) is 2.34. The van der Waals surface area contributed by atoms with E-state index in [0.29, 0.717) is 5.56 Å². The molecule has 0 saturated heterocycles. The normalized spacial score (nSPS) is 10.1. The van der Waals surface area contributed by atoms with Gasteiger partial charge in [0, 0.05) is 29.9 Å². The van der Waals surface area contributed by atoms with Crippen molar-refractivity contribution >= 4 is 29.2 Å². The highest BCUT2D eigenvalue weighted by atomic mass is 19.1. The molecule has 2 rings (SSSR count). The minimum absolute atomic E-state index is 0.0422. The molecule has 9 nitrogen and oxygen atoms in total. The minimum Gasteiger partial charge on any atom is -0.456 e. The van der Waals surface area contributed by atoms with E-state index < -0.39 is 35.1 Å². The van der Waals surface area contributed by atoms with Gasteiger partial charge in [0.1, 0.15) is 5.82 Å². The van der Waals surface area contributed by atoms with E-state index in [9.17, 15) is 28.9 Å². The van der Waals surface area contributed by atoms with Crippen molar-refractivity contribution in [2.75, 3.05) is 18.5 Å². The zero-order valence-electron chi connectivity index (χ0n) is 15.4. The Morgan fingerprint density at radius 3 is 2.45 bits per heavy atom. The topological polar surface area (TPSA) is 128 Å². The van der Waals surface area contributed by atoms with Gasteiger partial charge in [-0.25, -0.2) is 4.39 Å². The lowest BCUT2D eigenvalue weighted by molar-refractivity contribution is -0.384.